The Balaban J connectivity index is 1.56. The molecule has 2 aliphatic rings. The number of imide groups is 1. The van der Waals surface area contributed by atoms with E-state index in [-0.39, 0.29) is 24.2 Å². The number of carbonyl (C=O) groups excluding carboxylic acids is 2. The molecule has 0 radical (unpaired) electrons. The summed E-state index contributed by atoms with van der Waals surface area (Å²) < 4.78 is 1.81. The molecule has 28 heavy (non-hydrogen) atoms. The van der Waals surface area contributed by atoms with E-state index in [1.807, 2.05) is 17.8 Å². The van der Waals surface area contributed by atoms with Crippen molar-refractivity contribution in [2.45, 2.75) is 56.8 Å². The van der Waals surface area contributed by atoms with Gasteiger partial charge in [0.15, 0.2) is 0 Å². The molecule has 1 aliphatic carbocycles. The van der Waals surface area contributed by atoms with Gasteiger partial charge in [-0.15, -0.1) is 0 Å². The highest BCUT2D eigenvalue weighted by Crippen LogP contribution is 2.39. The van der Waals surface area contributed by atoms with Crippen molar-refractivity contribution < 1.29 is 19.5 Å². The topological polar surface area (TPSA) is 101 Å². The smallest absolute Gasteiger partial charge is 0.303 e. The van der Waals surface area contributed by atoms with Gasteiger partial charge in [0.1, 0.15) is 0 Å². The van der Waals surface area contributed by atoms with Crippen LogP contribution in [0.3, 0.4) is 0 Å². The van der Waals surface area contributed by atoms with E-state index in [1.165, 1.54) is 5.56 Å². The predicted molar refractivity (Wildman–Crippen MR) is 103 cm³/mol. The molecule has 1 saturated carbocycles. The van der Waals surface area contributed by atoms with E-state index in [0.29, 0.717) is 18.8 Å². The van der Waals surface area contributed by atoms with Gasteiger partial charge in [0.2, 0.25) is 11.8 Å². The lowest BCUT2D eigenvalue weighted by Gasteiger charge is -2.28. The largest absolute Gasteiger partial charge is 0.481 e. The van der Waals surface area contributed by atoms with E-state index in [2.05, 4.69) is 22.5 Å². The molecule has 2 amide bonds. The van der Waals surface area contributed by atoms with Crippen LogP contribution in [0.25, 0.3) is 10.9 Å². The molecule has 7 nitrogen and oxygen atoms in total. The second-order valence-electron chi connectivity index (χ2n) is 8.10. The summed E-state index contributed by atoms with van der Waals surface area (Å²) in [6.45, 7) is 0. The number of rotatable bonds is 4. The van der Waals surface area contributed by atoms with E-state index in [1.54, 1.807) is 0 Å². The quantitative estimate of drug-likeness (QED) is 0.791. The number of aromatic nitrogens is 2. The zero-order valence-corrected chi connectivity index (χ0v) is 16.0. The molecule has 148 valence electrons. The van der Waals surface area contributed by atoms with Crippen LogP contribution < -0.4 is 5.32 Å². The molecule has 1 aromatic carbocycles. The molecule has 0 bridgehead atoms. The fourth-order valence-corrected chi connectivity index (χ4v) is 4.71. The summed E-state index contributed by atoms with van der Waals surface area (Å²) in [5, 5.41) is 17.0. The Bertz CT molecular complexity index is 941. The Kier molecular flexibility index (Phi) is 4.91. The van der Waals surface area contributed by atoms with Crippen LogP contribution in [0, 0.1) is 5.92 Å². The molecule has 1 aromatic heterocycles. The average molecular weight is 383 g/mol. The molecular formula is C21H25N3O4. The van der Waals surface area contributed by atoms with E-state index >= 15 is 0 Å². The van der Waals surface area contributed by atoms with E-state index in [0.717, 1.165) is 42.3 Å². The summed E-state index contributed by atoms with van der Waals surface area (Å²) >= 11 is 0. The Hall–Kier alpha value is -2.70. The molecule has 2 aromatic rings. The first-order valence-corrected chi connectivity index (χ1v) is 9.94. The van der Waals surface area contributed by atoms with Crippen LogP contribution in [0.4, 0.5) is 0 Å². The van der Waals surface area contributed by atoms with E-state index in [9.17, 15) is 14.4 Å². The van der Waals surface area contributed by atoms with Gasteiger partial charge in [0.25, 0.3) is 0 Å². The zero-order valence-electron chi connectivity index (χ0n) is 16.0. The highest BCUT2D eigenvalue weighted by Gasteiger charge is 2.32. The van der Waals surface area contributed by atoms with Crippen LogP contribution in [0.5, 0.6) is 0 Å². The number of carboxylic acids is 1. The van der Waals surface area contributed by atoms with Gasteiger partial charge in [-0.05, 0) is 55.6 Å². The maximum absolute atomic E-state index is 12.3. The molecule has 1 aliphatic heterocycles. The number of carboxylic acid groups (broad SMARTS) is 1. The first kappa shape index (κ1) is 18.7. The second-order valence-corrected chi connectivity index (χ2v) is 8.10. The van der Waals surface area contributed by atoms with Crippen LogP contribution in [-0.2, 0) is 21.4 Å². The number of aliphatic carboxylic acids is 1. The Morgan fingerprint density at radius 3 is 2.64 bits per heavy atom. The Morgan fingerprint density at radius 1 is 1.21 bits per heavy atom. The number of amides is 2. The lowest BCUT2D eigenvalue weighted by Crippen LogP contribution is -2.39. The predicted octanol–water partition coefficient (Wildman–Crippen LogP) is 2.84. The first-order chi connectivity index (χ1) is 13.4. The molecule has 4 rings (SSSR count). The van der Waals surface area contributed by atoms with E-state index < -0.39 is 11.9 Å². The highest BCUT2D eigenvalue weighted by molar-refractivity contribution is 6.02. The van der Waals surface area contributed by atoms with Crippen molar-refractivity contribution in [2.75, 3.05) is 0 Å². The summed E-state index contributed by atoms with van der Waals surface area (Å²) in [5.41, 5.74) is 2.98. The number of hydrogen-bond donors (Lipinski definition) is 2. The van der Waals surface area contributed by atoms with Crippen LogP contribution in [0.15, 0.2) is 18.2 Å². The summed E-state index contributed by atoms with van der Waals surface area (Å²) in [6, 6.07) is 6.31. The molecule has 1 atom stereocenters. The van der Waals surface area contributed by atoms with Gasteiger partial charge in [-0.3, -0.25) is 24.4 Å². The lowest BCUT2D eigenvalue weighted by atomic mass is 9.77. The second kappa shape index (κ2) is 7.37. The molecule has 2 N–H and O–H groups in total. The highest BCUT2D eigenvalue weighted by atomic mass is 16.4. The standard InChI is InChI=1S/C21H25N3O4/c1-24-17-11-14(13-4-2-12(3-5-13)10-19(26)27)6-7-15(17)20(23-24)16-8-9-18(25)22-21(16)28/h6-7,11-13,16H,2-5,8-10H2,1H3,(H,26,27)(H,22,25,28)/t12?,13?,16-/m0/s1. The first-order valence-electron chi connectivity index (χ1n) is 9.94. The van der Waals surface area contributed by atoms with Crippen molar-refractivity contribution in [3.05, 3.63) is 29.5 Å². The van der Waals surface area contributed by atoms with Crippen molar-refractivity contribution in [2.24, 2.45) is 13.0 Å². The fourth-order valence-electron chi connectivity index (χ4n) is 4.71. The van der Waals surface area contributed by atoms with Gasteiger partial charge in [0, 0.05) is 25.3 Å². The number of nitrogens with zero attached hydrogens (tertiary/aromatic N) is 2. The number of aryl methyl sites for hydroxylation is 1. The normalized spacial score (nSPS) is 25.7. The van der Waals surface area contributed by atoms with Gasteiger partial charge in [-0.1, -0.05) is 12.1 Å². The van der Waals surface area contributed by atoms with Crippen molar-refractivity contribution in [1.29, 1.82) is 0 Å². The van der Waals surface area contributed by atoms with Crippen molar-refractivity contribution in [1.82, 2.24) is 15.1 Å². The molecule has 0 unspecified atom stereocenters. The molecule has 0 spiro atoms. The van der Waals surface area contributed by atoms with Crippen molar-refractivity contribution >= 4 is 28.7 Å². The van der Waals surface area contributed by atoms with Crippen molar-refractivity contribution in [3.63, 3.8) is 0 Å². The van der Waals surface area contributed by atoms with Gasteiger partial charge < -0.3 is 5.11 Å². The number of carbonyl (C=O) groups is 3. The van der Waals surface area contributed by atoms with Gasteiger partial charge >= 0.3 is 5.97 Å². The average Bonchev–Trinajstić information content (AvgIpc) is 2.98. The summed E-state index contributed by atoms with van der Waals surface area (Å²) in [4.78, 5) is 34.6. The fraction of sp³-hybridized carbons (Fsp3) is 0.524. The maximum Gasteiger partial charge on any atom is 0.303 e. The molecule has 7 heteroatoms. The van der Waals surface area contributed by atoms with Crippen LogP contribution in [0.1, 0.15) is 68.0 Å². The van der Waals surface area contributed by atoms with Crippen LogP contribution in [-0.4, -0.2) is 32.7 Å². The zero-order chi connectivity index (χ0) is 19.8. The third-order valence-electron chi connectivity index (χ3n) is 6.25. The van der Waals surface area contributed by atoms with Gasteiger partial charge in [-0.2, -0.15) is 5.10 Å². The monoisotopic (exact) mass is 383 g/mol. The third-order valence-corrected chi connectivity index (χ3v) is 6.25. The van der Waals surface area contributed by atoms with Crippen molar-refractivity contribution in [3.8, 4) is 0 Å². The number of hydrogen-bond acceptors (Lipinski definition) is 4. The molecule has 2 heterocycles. The minimum atomic E-state index is -0.708. The molecule has 1 saturated heterocycles. The third kappa shape index (κ3) is 3.53. The summed E-state index contributed by atoms with van der Waals surface area (Å²) in [6.07, 6.45) is 4.99. The maximum atomic E-state index is 12.3. The van der Waals surface area contributed by atoms with Gasteiger partial charge in [-0.25, -0.2) is 0 Å². The number of piperidine rings is 1. The Labute approximate surface area is 163 Å². The number of fused-ring (bicyclic) bond motifs is 1. The summed E-state index contributed by atoms with van der Waals surface area (Å²) in [7, 11) is 1.88. The Morgan fingerprint density at radius 2 is 1.96 bits per heavy atom. The summed E-state index contributed by atoms with van der Waals surface area (Å²) in [5.74, 6) is -0.865. The van der Waals surface area contributed by atoms with Crippen LogP contribution in [0.2, 0.25) is 0 Å². The number of benzene rings is 1. The SMILES string of the molecule is Cn1nc([C@@H]2CCC(=O)NC2=O)c2ccc(C3CCC(CC(=O)O)CC3)cc21. The van der Waals surface area contributed by atoms with Gasteiger partial charge in [0.05, 0.1) is 17.1 Å². The lowest BCUT2D eigenvalue weighted by molar-refractivity contribution is -0.138. The van der Waals surface area contributed by atoms with E-state index in [4.69, 9.17) is 5.11 Å². The minimum Gasteiger partial charge on any atom is -0.481 e. The molecule has 2 fully saturated rings. The molecular weight excluding hydrogens is 358 g/mol. The minimum absolute atomic E-state index is 0.220. The number of nitrogens with one attached hydrogen (secondary N) is 1. The van der Waals surface area contributed by atoms with Crippen LogP contribution >= 0.6 is 0 Å².